The van der Waals surface area contributed by atoms with Crippen LogP contribution in [0.4, 0.5) is 0 Å². The van der Waals surface area contributed by atoms with Gasteiger partial charge in [-0.25, -0.2) is 0 Å². The van der Waals surface area contributed by atoms with Crippen LogP contribution in [0.3, 0.4) is 0 Å². The highest BCUT2D eigenvalue weighted by Gasteiger charge is 2.10. The third-order valence-electron chi connectivity index (χ3n) is 2.52. The van der Waals surface area contributed by atoms with Crippen molar-refractivity contribution in [3.05, 3.63) is 60.9 Å². The molecule has 0 bridgehead atoms. The van der Waals surface area contributed by atoms with Crippen LogP contribution in [0.2, 0.25) is 5.02 Å². The summed E-state index contributed by atoms with van der Waals surface area (Å²) in [4.78, 5) is 4.08. The van der Waals surface area contributed by atoms with Crippen molar-refractivity contribution in [2.45, 2.75) is 12.5 Å². The van der Waals surface area contributed by atoms with Gasteiger partial charge in [-0.05, 0) is 67.8 Å². The molecule has 0 aliphatic heterocycles. The second kappa shape index (κ2) is 6.32. The molecule has 0 spiro atoms. The summed E-state index contributed by atoms with van der Waals surface area (Å²) in [6.07, 6.45) is 3.42. The zero-order valence-electron chi connectivity index (χ0n) is 9.28. The molecule has 1 N–H and O–H groups in total. The highest BCUT2D eigenvalue weighted by molar-refractivity contribution is 14.1. The Morgan fingerprint density at radius 3 is 2.78 bits per heavy atom. The van der Waals surface area contributed by atoms with Gasteiger partial charge in [0, 0.05) is 26.9 Å². The highest BCUT2D eigenvalue weighted by Crippen LogP contribution is 2.25. The van der Waals surface area contributed by atoms with Gasteiger partial charge in [-0.1, -0.05) is 17.7 Å². The number of hydrogen-bond donors (Lipinski definition) is 1. The van der Waals surface area contributed by atoms with Crippen LogP contribution in [0.15, 0.2) is 41.1 Å². The van der Waals surface area contributed by atoms with Gasteiger partial charge in [0.1, 0.15) is 0 Å². The molecule has 0 fully saturated rings. The van der Waals surface area contributed by atoms with E-state index >= 15 is 0 Å². The molecule has 0 radical (unpaired) electrons. The molecule has 0 aliphatic rings. The zero-order valence-corrected chi connectivity index (χ0v) is 13.8. The van der Waals surface area contributed by atoms with Crippen LogP contribution < -0.4 is 0 Å². The number of nitrogens with zero attached hydrogens (tertiary/aromatic N) is 1. The smallest absolute Gasteiger partial charge is 0.0831 e. The average molecular weight is 438 g/mol. The van der Waals surface area contributed by atoms with Crippen LogP contribution in [0.1, 0.15) is 17.2 Å². The van der Waals surface area contributed by atoms with Crippen LogP contribution in [0, 0.1) is 3.57 Å². The molecule has 0 aliphatic carbocycles. The molecule has 0 saturated heterocycles. The van der Waals surface area contributed by atoms with Crippen LogP contribution in [0.25, 0.3) is 0 Å². The molecule has 1 atom stereocenters. The molecule has 1 aromatic heterocycles. The van der Waals surface area contributed by atoms with Crippen molar-refractivity contribution in [3.8, 4) is 0 Å². The Hall–Kier alpha value is -0.170. The standard InChI is InChI=1S/C13H10BrClINO/c14-10-3-8(6-17-7-10)4-13(18)9-1-2-12(16)11(15)5-9/h1-3,5-7,13,18H,4H2. The molecule has 94 valence electrons. The monoisotopic (exact) mass is 437 g/mol. The fourth-order valence-electron chi connectivity index (χ4n) is 1.63. The van der Waals surface area contributed by atoms with E-state index in [0.717, 1.165) is 19.2 Å². The van der Waals surface area contributed by atoms with Crippen molar-refractivity contribution in [1.29, 1.82) is 0 Å². The SMILES string of the molecule is OC(Cc1cncc(Br)c1)c1ccc(I)c(Cl)c1. The lowest BCUT2D eigenvalue weighted by Crippen LogP contribution is -2.02. The molecule has 1 heterocycles. The van der Waals surface area contributed by atoms with Crippen LogP contribution >= 0.6 is 50.1 Å². The number of pyridine rings is 1. The van der Waals surface area contributed by atoms with Gasteiger partial charge in [0.05, 0.1) is 11.1 Å². The van der Waals surface area contributed by atoms with E-state index in [1.165, 1.54) is 0 Å². The Bertz CT molecular complexity index is 564. The first-order valence-corrected chi connectivity index (χ1v) is 7.53. The van der Waals surface area contributed by atoms with Crippen molar-refractivity contribution in [1.82, 2.24) is 4.98 Å². The van der Waals surface area contributed by atoms with E-state index in [1.54, 1.807) is 18.5 Å². The molecule has 5 heteroatoms. The first-order chi connectivity index (χ1) is 8.56. The van der Waals surface area contributed by atoms with Gasteiger partial charge in [-0.3, -0.25) is 4.98 Å². The summed E-state index contributed by atoms with van der Waals surface area (Å²) in [5.74, 6) is 0. The number of hydrogen-bond acceptors (Lipinski definition) is 2. The van der Waals surface area contributed by atoms with Gasteiger partial charge in [0.15, 0.2) is 0 Å². The van der Waals surface area contributed by atoms with E-state index in [2.05, 4.69) is 43.5 Å². The van der Waals surface area contributed by atoms with Crippen LogP contribution in [-0.2, 0) is 6.42 Å². The maximum atomic E-state index is 10.2. The predicted octanol–water partition coefficient (Wildman–Crippen LogP) is 4.38. The number of aliphatic hydroxyl groups is 1. The lowest BCUT2D eigenvalue weighted by atomic mass is 10.0. The van der Waals surface area contributed by atoms with Gasteiger partial charge in [-0.15, -0.1) is 0 Å². The molecule has 2 rings (SSSR count). The topological polar surface area (TPSA) is 33.1 Å². The molecule has 18 heavy (non-hydrogen) atoms. The molecule has 2 aromatic rings. The van der Waals surface area contributed by atoms with E-state index in [9.17, 15) is 5.11 Å². The van der Waals surface area contributed by atoms with Gasteiger partial charge < -0.3 is 5.11 Å². The minimum Gasteiger partial charge on any atom is -0.388 e. The van der Waals surface area contributed by atoms with Crippen molar-refractivity contribution >= 4 is 50.1 Å². The Labute approximate surface area is 133 Å². The van der Waals surface area contributed by atoms with Crippen molar-refractivity contribution in [2.75, 3.05) is 0 Å². The maximum Gasteiger partial charge on any atom is 0.0831 e. The Balaban J connectivity index is 2.16. The number of benzene rings is 1. The molecule has 0 amide bonds. The quantitative estimate of drug-likeness (QED) is 0.722. The zero-order chi connectivity index (χ0) is 13.1. The normalized spacial score (nSPS) is 12.4. The van der Waals surface area contributed by atoms with Crippen LogP contribution in [-0.4, -0.2) is 10.1 Å². The lowest BCUT2D eigenvalue weighted by Gasteiger charge is -2.12. The summed E-state index contributed by atoms with van der Waals surface area (Å²) in [6.45, 7) is 0. The molecule has 1 aromatic carbocycles. The van der Waals surface area contributed by atoms with Gasteiger partial charge in [0.2, 0.25) is 0 Å². The largest absolute Gasteiger partial charge is 0.388 e. The van der Waals surface area contributed by atoms with E-state index < -0.39 is 6.10 Å². The second-order valence-electron chi connectivity index (χ2n) is 3.90. The summed E-state index contributed by atoms with van der Waals surface area (Å²) in [6, 6.07) is 7.55. The summed E-state index contributed by atoms with van der Waals surface area (Å²) in [5, 5.41) is 10.8. The number of aliphatic hydroxyl groups excluding tert-OH is 1. The maximum absolute atomic E-state index is 10.2. The molecule has 1 unspecified atom stereocenters. The van der Waals surface area contributed by atoms with Crippen molar-refractivity contribution in [3.63, 3.8) is 0 Å². The number of halogens is 3. The van der Waals surface area contributed by atoms with Crippen molar-refractivity contribution < 1.29 is 5.11 Å². The van der Waals surface area contributed by atoms with E-state index in [0.29, 0.717) is 11.4 Å². The fraction of sp³-hybridized carbons (Fsp3) is 0.154. The van der Waals surface area contributed by atoms with Crippen LogP contribution in [0.5, 0.6) is 0 Å². The average Bonchev–Trinajstić information content (AvgIpc) is 2.32. The third kappa shape index (κ3) is 3.66. The first kappa shape index (κ1) is 14.2. The summed E-state index contributed by atoms with van der Waals surface area (Å²) < 4.78 is 1.89. The van der Waals surface area contributed by atoms with E-state index in [-0.39, 0.29) is 0 Å². The first-order valence-electron chi connectivity index (χ1n) is 5.28. The number of aromatic nitrogens is 1. The van der Waals surface area contributed by atoms with Gasteiger partial charge in [-0.2, -0.15) is 0 Å². The summed E-state index contributed by atoms with van der Waals surface area (Å²) in [5.41, 5.74) is 1.80. The lowest BCUT2D eigenvalue weighted by molar-refractivity contribution is 0.178. The molecule has 0 saturated carbocycles. The molecular formula is C13H10BrClINO. The highest BCUT2D eigenvalue weighted by atomic mass is 127. The predicted molar refractivity (Wildman–Crippen MR) is 84.8 cm³/mol. The van der Waals surface area contributed by atoms with Gasteiger partial charge in [0.25, 0.3) is 0 Å². The Morgan fingerprint density at radius 2 is 2.11 bits per heavy atom. The van der Waals surface area contributed by atoms with Crippen molar-refractivity contribution in [2.24, 2.45) is 0 Å². The number of rotatable bonds is 3. The van der Waals surface area contributed by atoms with E-state index in [1.807, 2.05) is 18.2 Å². The molecular weight excluding hydrogens is 428 g/mol. The minimum absolute atomic E-state index is 0.517. The minimum atomic E-state index is -0.574. The second-order valence-corrected chi connectivity index (χ2v) is 6.39. The Kier molecular flexibility index (Phi) is 5.00. The Morgan fingerprint density at radius 1 is 1.33 bits per heavy atom. The third-order valence-corrected chi connectivity index (χ3v) is 4.52. The molecule has 2 nitrogen and oxygen atoms in total. The summed E-state index contributed by atoms with van der Waals surface area (Å²) >= 11 is 11.6. The van der Waals surface area contributed by atoms with E-state index in [4.69, 9.17) is 11.6 Å². The summed E-state index contributed by atoms with van der Waals surface area (Å²) in [7, 11) is 0. The van der Waals surface area contributed by atoms with Gasteiger partial charge >= 0.3 is 0 Å². The fourth-order valence-corrected chi connectivity index (χ4v) is 2.56.